The van der Waals surface area contributed by atoms with E-state index in [0.29, 0.717) is 46.4 Å². The highest BCUT2D eigenvalue weighted by molar-refractivity contribution is 6.36. The predicted molar refractivity (Wildman–Crippen MR) is 130 cm³/mol. The molecule has 2 amide bonds. The maximum Gasteiger partial charge on any atom is 0.272 e. The van der Waals surface area contributed by atoms with Gasteiger partial charge in [-0.1, -0.05) is 23.2 Å². The molecule has 0 aliphatic heterocycles. The van der Waals surface area contributed by atoms with Crippen molar-refractivity contribution in [1.82, 2.24) is 25.2 Å². The number of aryl methyl sites for hydroxylation is 1. The number of halogens is 3. The second-order valence-corrected chi connectivity index (χ2v) is 9.29. The second-order valence-electron chi connectivity index (χ2n) is 8.44. The smallest absolute Gasteiger partial charge is 0.272 e. The number of benzene rings is 1. The van der Waals surface area contributed by atoms with Crippen molar-refractivity contribution >= 4 is 35.0 Å². The topological polar surface area (TPSA) is 98.1 Å². The van der Waals surface area contributed by atoms with Gasteiger partial charge in [0.1, 0.15) is 22.8 Å². The van der Waals surface area contributed by atoms with Gasteiger partial charge in [0, 0.05) is 35.6 Å². The van der Waals surface area contributed by atoms with Gasteiger partial charge < -0.3 is 19.9 Å². The van der Waals surface area contributed by atoms with Crippen LogP contribution in [0.4, 0.5) is 4.39 Å². The number of hydrogen-bond acceptors (Lipinski definition) is 5. The van der Waals surface area contributed by atoms with Gasteiger partial charge in [-0.15, -0.1) is 0 Å². The van der Waals surface area contributed by atoms with Gasteiger partial charge >= 0.3 is 0 Å². The third kappa shape index (κ3) is 5.26. The zero-order valence-corrected chi connectivity index (χ0v) is 20.9. The standard InChI is InChI=1S/C24H24Cl2FN5O3/c1-4-35-21-16(8-15(25)9-17(21)26)14-7-18(27)20(28-10-14)13(2)30-23(34)24(5-6-24)31-22(33)19-11-32(3)12-29-19/h7-13H,4-6H2,1-3H3,(H,30,34)(H,31,33)/t13-/m1/s1. The zero-order valence-electron chi connectivity index (χ0n) is 19.4. The molecule has 2 aromatic heterocycles. The number of ether oxygens (including phenoxy) is 1. The Morgan fingerprint density at radius 3 is 2.60 bits per heavy atom. The van der Waals surface area contributed by atoms with Crippen molar-refractivity contribution in [2.45, 2.75) is 38.3 Å². The molecule has 1 aliphatic rings. The molecule has 1 atom stereocenters. The zero-order chi connectivity index (χ0) is 25.3. The fourth-order valence-electron chi connectivity index (χ4n) is 3.73. The van der Waals surface area contributed by atoms with Gasteiger partial charge in [0.2, 0.25) is 5.91 Å². The van der Waals surface area contributed by atoms with Crippen LogP contribution in [-0.2, 0) is 11.8 Å². The highest BCUT2D eigenvalue weighted by atomic mass is 35.5. The molecule has 0 bridgehead atoms. The fourth-order valence-corrected chi connectivity index (χ4v) is 4.28. The first-order valence-electron chi connectivity index (χ1n) is 11.0. The van der Waals surface area contributed by atoms with Gasteiger partial charge in [0.25, 0.3) is 5.91 Å². The first kappa shape index (κ1) is 24.9. The summed E-state index contributed by atoms with van der Waals surface area (Å²) >= 11 is 12.4. The maximum atomic E-state index is 15.1. The molecule has 2 heterocycles. The molecule has 8 nitrogen and oxygen atoms in total. The molecule has 1 aliphatic carbocycles. The Bertz CT molecular complexity index is 1290. The number of pyridine rings is 1. The molecule has 0 saturated heterocycles. The van der Waals surface area contributed by atoms with Gasteiger partial charge in [-0.2, -0.15) is 0 Å². The molecule has 184 valence electrons. The number of imidazole rings is 1. The number of aromatic nitrogens is 3. The molecule has 0 spiro atoms. The summed E-state index contributed by atoms with van der Waals surface area (Å²) in [7, 11) is 1.75. The summed E-state index contributed by atoms with van der Waals surface area (Å²) in [6.45, 7) is 3.80. The lowest BCUT2D eigenvalue weighted by atomic mass is 10.0. The number of rotatable bonds is 8. The van der Waals surface area contributed by atoms with Crippen LogP contribution in [0.1, 0.15) is 48.9 Å². The maximum absolute atomic E-state index is 15.1. The number of hydrogen-bond donors (Lipinski definition) is 2. The van der Waals surface area contributed by atoms with Crippen LogP contribution in [-0.4, -0.2) is 38.5 Å². The third-order valence-corrected chi connectivity index (χ3v) is 6.21. The highest BCUT2D eigenvalue weighted by Crippen LogP contribution is 2.40. The summed E-state index contributed by atoms with van der Waals surface area (Å²) in [5.74, 6) is -1.07. The summed E-state index contributed by atoms with van der Waals surface area (Å²) < 4.78 is 22.4. The molecule has 3 aromatic rings. The van der Waals surface area contributed by atoms with Crippen LogP contribution in [0.15, 0.2) is 36.9 Å². The van der Waals surface area contributed by atoms with E-state index in [1.165, 1.54) is 18.6 Å². The summed E-state index contributed by atoms with van der Waals surface area (Å²) in [4.78, 5) is 33.6. The number of nitrogens with zero attached hydrogens (tertiary/aromatic N) is 3. The van der Waals surface area contributed by atoms with Crippen molar-refractivity contribution in [3.05, 3.63) is 64.2 Å². The third-order valence-electron chi connectivity index (χ3n) is 5.71. The quantitative estimate of drug-likeness (QED) is 0.457. The van der Waals surface area contributed by atoms with Crippen LogP contribution < -0.4 is 15.4 Å². The number of amides is 2. The summed E-state index contributed by atoms with van der Waals surface area (Å²) in [6, 6.07) is 3.73. The SMILES string of the molecule is CCOc1c(Cl)cc(Cl)cc1-c1cnc([C@@H](C)NC(=O)C2(NC(=O)c3cn(C)cn3)CC2)c(F)c1. The normalized spacial score (nSPS) is 14.8. The monoisotopic (exact) mass is 519 g/mol. The van der Waals surface area contributed by atoms with E-state index in [4.69, 9.17) is 27.9 Å². The molecule has 0 unspecified atom stereocenters. The van der Waals surface area contributed by atoms with E-state index in [-0.39, 0.29) is 11.4 Å². The molecular formula is C24H24Cl2FN5O3. The molecule has 4 rings (SSSR count). The van der Waals surface area contributed by atoms with Crippen LogP contribution in [0.3, 0.4) is 0 Å². The van der Waals surface area contributed by atoms with E-state index in [2.05, 4.69) is 20.6 Å². The van der Waals surface area contributed by atoms with Crippen LogP contribution in [0, 0.1) is 5.82 Å². The minimum absolute atomic E-state index is 0.0556. The van der Waals surface area contributed by atoms with Crippen molar-refractivity contribution in [1.29, 1.82) is 0 Å². The number of carbonyl (C=O) groups is 2. The van der Waals surface area contributed by atoms with Crippen molar-refractivity contribution < 1.29 is 18.7 Å². The lowest BCUT2D eigenvalue weighted by Gasteiger charge is -2.21. The first-order chi connectivity index (χ1) is 16.6. The van der Waals surface area contributed by atoms with E-state index >= 15 is 4.39 Å². The molecule has 2 N–H and O–H groups in total. The van der Waals surface area contributed by atoms with Gasteiger partial charge in [-0.3, -0.25) is 14.6 Å². The lowest BCUT2D eigenvalue weighted by molar-refractivity contribution is -0.124. The van der Waals surface area contributed by atoms with Crippen LogP contribution in [0.25, 0.3) is 11.1 Å². The van der Waals surface area contributed by atoms with Gasteiger partial charge in [0.15, 0.2) is 0 Å². The van der Waals surface area contributed by atoms with E-state index in [1.807, 2.05) is 6.92 Å². The van der Waals surface area contributed by atoms with Crippen LogP contribution >= 0.6 is 23.2 Å². The Labute approximate surface area is 211 Å². The predicted octanol–water partition coefficient (Wildman–Crippen LogP) is 4.47. The molecule has 0 radical (unpaired) electrons. The Kier molecular flexibility index (Phi) is 7.00. The van der Waals surface area contributed by atoms with E-state index in [0.717, 1.165) is 0 Å². The van der Waals surface area contributed by atoms with Gasteiger partial charge in [0.05, 0.1) is 29.7 Å². The Morgan fingerprint density at radius 1 is 1.26 bits per heavy atom. The molecule has 35 heavy (non-hydrogen) atoms. The van der Waals surface area contributed by atoms with Crippen molar-refractivity contribution in [2.75, 3.05) is 6.61 Å². The number of carbonyl (C=O) groups excluding carboxylic acids is 2. The Morgan fingerprint density at radius 2 is 2.00 bits per heavy atom. The van der Waals surface area contributed by atoms with E-state index in [9.17, 15) is 9.59 Å². The first-order valence-corrected chi connectivity index (χ1v) is 11.8. The average Bonchev–Trinajstić information content (AvgIpc) is 3.45. The molecule has 1 aromatic carbocycles. The van der Waals surface area contributed by atoms with Gasteiger partial charge in [-0.25, -0.2) is 9.37 Å². The van der Waals surface area contributed by atoms with Crippen molar-refractivity contribution in [3.63, 3.8) is 0 Å². The molecule has 11 heteroatoms. The molecule has 1 saturated carbocycles. The molecular weight excluding hydrogens is 496 g/mol. The summed E-state index contributed by atoms with van der Waals surface area (Å²) in [6.07, 6.45) is 5.50. The Balaban J connectivity index is 1.50. The van der Waals surface area contributed by atoms with Crippen LogP contribution in [0.2, 0.25) is 10.0 Å². The van der Waals surface area contributed by atoms with Crippen LogP contribution in [0.5, 0.6) is 5.75 Å². The number of nitrogens with one attached hydrogen (secondary N) is 2. The summed E-state index contributed by atoms with van der Waals surface area (Å²) in [5.41, 5.74) is 0.172. The van der Waals surface area contributed by atoms with E-state index in [1.54, 1.807) is 36.9 Å². The van der Waals surface area contributed by atoms with Crippen molar-refractivity contribution in [2.24, 2.45) is 7.05 Å². The van der Waals surface area contributed by atoms with Gasteiger partial charge in [-0.05, 0) is 44.9 Å². The molecule has 1 fully saturated rings. The highest BCUT2D eigenvalue weighted by Gasteiger charge is 2.51. The largest absolute Gasteiger partial charge is 0.492 e. The minimum Gasteiger partial charge on any atom is -0.492 e. The van der Waals surface area contributed by atoms with E-state index < -0.39 is 29.2 Å². The average molecular weight is 520 g/mol. The summed E-state index contributed by atoms with van der Waals surface area (Å²) in [5, 5.41) is 6.19. The minimum atomic E-state index is -1.04. The second kappa shape index (κ2) is 9.83. The van der Waals surface area contributed by atoms with Crippen molar-refractivity contribution in [3.8, 4) is 16.9 Å². The lowest BCUT2D eigenvalue weighted by Crippen LogP contribution is -2.49. The Hall–Kier alpha value is -3.17. The fraction of sp³-hybridized carbons (Fsp3) is 0.333.